The van der Waals surface area contributed by atoms with E-state index in [4.69, 9.17) is 4.74 Å². The Labute approximate surface area is 156 Å². The van der Waals surface area contributed by atoms with Gasteiger partial charge in [-0.3, -0.25) is 0 Å². The molecular formula is C20H31N3O3. The van der Waals surface area contributed by atoms with E-state index in [1.807, 2.05) is 45.0 Å². The molecular weight excluding hydrogens is 330 g/mol. The minimum absolute atomic E-state index is 0.131. The summed E-state index contributed by atoms with van der Waals surface area (Å²) in [5, 5.41) is 2.94. The predicted octanol–water partition coefficient (Wildman–Crippen LogP) is 4.28. The third kappa shape index (κ3) is 5.93. The number of nitrogens with zero attached hydrogens (tertiary/aromatic N) is 2. The Morgan fingerprint density at radius 3 is 2.15 bits per heavy atom. The average Bonchev–Trinajstić information content (AvgIpc) is 2.80. The average molecular weight is 361 g/mol. The molecule has 1 aromatic carbocycles. The minimum Gasteiger partial charge on any atom is -0.444 e. The third-order valence-corrected chi connectivity index (χ3v) is 4.26. The summed E-state index contributed by atoms with van der Waals surface area (Å²) in [4.78, 5) is 28.2. The number of nitrogens with one attached hydrogen (secondary N) is 1. The standard InChI is InChI=1S/C20H31N3O3/c1-15(2)16-7-9-17(10-8-16)21-18(24)22-11-6-12-23(14-13-22)19(25)26-20(3,4)5/h7-10,15H,6,11-14H2,1-5H3,(H,21,24). The van der Waals surface area contributed by atoms with Crippen LogP contribution in [0.2, 0.25) is 0 Å². The Morgan fingerprint density at radius 2 is 1.58 bits per heavy atom. The first-order valence-corrected chi connectivity index (χ1v) is 9.29. The number of carbonyl (C=O) groups excluding carboxylic acids is 2. The van der Waals surface area contributed by atoms with Gasteiger partial charge >= 0.3 is 12.1 Å². The third-order valence-electron chi connectivity index (χ3n) is 4.26. The number of amides is 3. The van der Waals surface area contributed by atoms with Crippen molar-refractivity contribution in [2.75, 3.05) is 31.5 Å². The lowest BCUT2D eigenvalue weighted by Crippen LogP contribution is -2.41. The van der Waals surface area contributed by atoms with E-state index in [1.165, 1.54) is 5.56 Å². The molecule has 1 fully saturated rings. The number of benzene rings is 1. The Morgan fingerprint density at radius 1 is 1.00 bits per heavy atom. The normalized spacial score (nSPS) is 15.6. The van der Waals surface area contributed by atoms with Crippen LogP contribution >= 0.6 is 0 Å². The molecule has 1 heterocycles. The molecule has 0 aromatic heterocycles. The summed E-state index contributed by atoms with van der Waals surface area (Å²) in [7, 11) is 0. The summed E-state index contributed by atoms with van der Waals surface area (Å²) in [6.07, 6.45) is 0.419. The maximum Gasteiger partial charge on any atom is 0.410 e. The molecule has 6 heteroatoms. The number of rotatable bonds is 2. The number of hydrogen-bond donors (Lipinski definition) is 1. The van der Waals surface area contributed by atoms with E-state index in [0.29, 0.717) is 32.1 Å². The first-order valence-electron chi connectivity index (χ1n) is 9.29. The molecule has 0 aliphatic carbocycles. The quantitative estimate of drug-likeness (QED) is 0.855. The fourth-order valence-corrected chi connectivity index (χ4v) is 2.78. The van der Waals surface area contributed by atoms with Crippen LogP contribution in [0.3, 0.4) is 0 Å². The lowest BCUT2D eigenvalue weighted by Gasteiger charge is -2.26. The fraction of sp³-hybridized carbons (Fsp3) is 0.600. The maximum absolute atomic E-state index is 12.5. The van der Waals surface area contributed by atoms with Crippen molar-refractivity contribution in [1.82, 2.24) is 9.80 Å². The number of carbonyl (C=O) groups is 2. The van der Waals surface area contributed by atoms with Gasteiger partial charge in [0.25, 0.3) is 0 Å². The molecule has 144 valence electrons. The predicted molar refractivity (Wildman–Crippen MR) is 104 cm³/mol. The lowest BCUT2D eigenvalue weighted by molar-refractivity contribution is 0.0259. The van der Waals surface area contributed by atoms with E-state index in [9.17, 15) is 9.59 Å². The highest BCUT2D eigenvalue weighted by Crippen LogP contribution is 2.18. The molecule has 0 saturated carbocycles. The van der Waals surface area contributed by atoms with Crippen molar-refractivity contribution in [2.45, 2.75) is 52.6 Å². The summed E-state index contributed by atoms with van der Waals surface area (Å²) >= 11 is 0. The molecule has 2 rings (SSSR count). The second-order valence-electron chi connectivity index (χ2n) is 8.01. The Bertz CT molecular complexity index is 620. The second kappa shape index (κ2) is 8.43. The van der Waals surface area contributed by atoms with Gasteiger partial charge in [0.15, 0.2) is 0 Å². The van der Waals surface area contributed by atoms with Crippen LogP contribution in [0.4, 0.5) is 15.3 Å². The highest BCUT2D eigenvalue weighted by atomic mass is 16.6. The Kier molecular flexibility index (Phi) is 6.51. The molecule has 1 aliphatic heterocycles. The van der Waals surface area contributed by atoms with Gasteiger partial charge < -0.3 is 19.9 Å². The second-order valence-corrected chi connectivity index (χ2v) is 8.01. The smallest absolute Gasteiger partial charge is 0.410 e. The first kappa shape index (κ1) is 20.1. The van der Waals surface area contributed by atoms with Crippen LogP contribution < -0.4 is 5.32 Å². The molecule has 3 amide bonds. The summed E-state index contributed by atoms with van der Waals surface area (Å²) in [5.74, 6) is 0.462. The molecule has 0 spiro atoms. The number of ether oxygens (including phenoxy) is 1. The van der Waals surface area contributed by atoms with Crippen molar-refractivity contribution >= 4 is 17.8 Å². The van der Waals surface area contributed by atoms with Crippen LogP contribution in [0.5, 0.6) is 0 Å². The van der Waals surface area contributed by atoms with Gasteiger partial charge in [-0.25, -0.2) is 9.59 Å². The van der Waals surface area contributed by atoms with Crippen LogP contribution in [-0.4, -0.2) is 53.7 Å². The summed E-state index contributed by atoms with van der Waals surface area (Å²) in [5.41, 5.74) is 1.52. The Hall–Kier alpha value is -2.24. The highest BCUT2D eigenvalue weighted by molar-refractivity contribution is 5.89. The van der Waals surface area contributed by atoms with E-state index in [1.54, 1.807) is 9.80 Å². The zero-order chi connectivity index (χ0) is 19.3. The van der Waals surface area contributed by atoms with Crippen molar-refractivity contribution in [3.8, 4) is 0 Å². The van der Waals surface area contributed by atoms with E-state index >= 15 is 0 Å². The molecule has 26 heavy (non-hydrogen) atoms. The van der Waals surface area contributed by atoms with Crippen molar-refractivity contribution in [1.29, 1.82) is 0 Å². The number of anilines is 1. The highest BCUT2D eigenvalue weighted by Gasteiger charge is 2.25. The van der Waals surface area contributed by atoms with Gasteiger partial charge in [0.2, 0.25) is 0 Å². The van der Waals surface area contributed by atoms with Gasteiger partial charge in [0.1, 0.15) is 5.60 Å². The fourth-order valence-electron chi connectivity index (χ4n) is 2.78. The first-order chi connectivity index (χ1) is 12.2. The van der Waals surface area contributed by atoms with Crippen LogP contribution in [0, 0.1) is 0 Å². The topological polar surface area (TPSA) is 61.9 Å². The number of hydrogen-bond acceptors (Lipinski definition) is 3. The van der Waals surface area contributed by atoms with Gasteiger partial charge in [-0.2, -0.15) is 0 Å². The molecule has 0 unspecified atom stereocenters. The van der Waals surface area contributed by atoms with Gasteiger partial charge in [0, 0.05) is 31.9 Å². The van der Waals surface area contributed by atoms with Gasteiger partial charge in [0.05, 0.1) is 0 Å². The molecule has 0 bridgehead atoms. The van der Waals surface area contributed by atoms with Gasteiger partial charge in [-0.05, 0) is 50.8 Å². The van der Waals surface area contributed by atoms with Gasteiger partial charge in [-0.1, -0.05) is 26.0 Å². The molecule has 6 nitrogen and oxygen atoms in total. The van der Waals surface area contributed by atoms with E-state index in [0.717, 1.165) is 12.1 Å². The molecule has 1 N–H and O–H groups in total. The zero-order valence-corrected chi connectivity index (χ0v) is 16.5. The van der Waals surface area contributed by atoms with Crippen molar-refractivity contribution in [3.05, 3.63) is 29.8 Å². The number of urea groups is 1. The molecule has 1 aliphatic rings. The van der Waals surface area contributed by atoms with Crippen molar-refractivity contribution in [2.24, 2.45) is 0 Å². The maximum atomic E-state index is 12.5. The van der Waals surface area contributed by atoms with Gasteiger partial charge in [-0.15, -0.1) is 0 Å². The van der Waals surface area contributed by atoms with Crippen molar-refractivity contribution < 1.29 is 14.3 Å². The summed E-state index contributed by atoms with van der Waals surface area (Å²) < 4.78 is 5.42. The summed E-state index contributed by atoms with van der Waals surface area (Å²) in [6, 6.07) is 7.80. The van der Waals surface area contributed by atoms with E-state index < -0.39 is 5.60 Å². The molecule has 0 atom stereocenters. The van der Waals surface area contributed by atoms with Crippen LogP contribution in [0.15, 0.2) is 24.3 Å². The van der Waals surface area contributed by atoms with Crippen molar-refractivity contribution in [3.63, 3.8) is 0 Å². The van der Waals surface area contributed by atoms with Crippen LogP contribution in [-0.2, 0) is 4.74 Å². The minimum atomic E-state index is -0.511. The molecule has 1 saturated heterocycles. The monoisotopic (exact) mass is 361 g/mol. The lowest BCUT2D eigenvalue weighted by atomic mass is 10.0. The van der Waals surface area contributed by atoms with Crippen LogP contribution in [0.1, 0.15) is 52.5 Å². The van der Waals surface area contributed by atoms with E-state index in [-0.39, 0.29) is 12.1 Å². The SMILES string of the molecule is CC(C)c1ccc(NC(=O)N2CCCN(C(=O)OC(C)(C)C)CC2)cc1. The Balaban J connectivity index is 1.89. The largest absolute Gasteiger partial charge is 0.444 e. The van der Waals surface area contributed by atoms with E-state index in [2.05, 4.69) is 19.2 Å². The van der Waals surface area contributed by atoms with Crippen LogP contribution in [0.25, 0.3) is 0 Å². The zero-order valence-electron chi connectivity index (χ0n) is 16.5. The molecule has 1 aromatic rings. The summed E-state index contributed by atoms with van der Waals surface area (Å²) in [6.45, 7) is 12.0. The molecule has 0 radical (unpaired) electrons.